The first kappa shape index (κ1) is 14.6. The van der Waals surface area contributed by atoms with Gasteiger partial charge in [-0.05, 0) is 29.2 Å². The Bertz CT molecular complexity index is 311. The number of aliphatic hydroxyl groups excluding tert-OH is 1. The molecule has 1 unspecified atom stereocenters. The zero-order valence-corrected chi connectivity index (χ0v) is 11.5. The molecular formula is C14H23NOS. The minimum absolute atomic E-state index is 0.0971. The van der Waals surface area contributed by atoms with E-state index in [4.69, 9.17) is 10.8 Å². The van der Waals surface area contributed by atoms with Crippen molar-refractivity contribution in [2.75, 3.05) is 18.1 Å². The van der Waals surface area contributed by atoms with Crippen molar-refractivity contribution >= 4 is 11.8 Å². The van der Waals surface area contributed by atoms with Gasteiger partial charge in [-0.15, -0.1) is 0 Å². The summed E-state index contributed by atoms with van der Waals surface area (Å²) in [5, 5.41) is 8.69. The third-order valence-corrected chi connectivity index (χ3v) is 3.95. The van der Waals surface area contributed by atoms with Gasteiger partial charge >= 0.3 is 0 Å². The van der Waals surface area contributed by atoms with Gasteiger partial charge in [0, 0.05) is 18.4 Å². The van der Waals surface area contributed by atoms with Gasteiger partial charge in [-0.1, -0.05) is 38.1 Å². The molecule has 1 aromatic rings. The van der Waals surface area contributed by atoms with Crippen LogP contribution in [0.1, 0.15) is 43.4 Å². The second kappa shape index (κ2) is 7.75. The van der Waals surface area contributed by atoms with Crippen molar-refractivity contribution in [2.24, 2.45) is 5.73 Å². The molecule has 0 aliphatic carbocycles. The second-order valence-corrected chi connectivity index (χ2v) is 5.73. The monoisotopic (exact) mass is 253 g/mol. The first-order valence-electron chi connectivity index (χ1n) is 6.19. The summed E-state index contributed by atoms with van der Waals surface area (Å²) in [5.74, 6) is 2.47. The molecule has 0 aliphatic heterocycles. The van der Waals surface area contributed by atoms with E-state index in [2.05, 4.69) is 38.1 Å². The zero-order chi connectivity index (χ0) is 12.7. The van der Waals surface area contributed by atoms with Gasteiger partial charge in [0.05, 0.1) is 0 Å². The molecule has 1 rings (SSSR count). The molecule has 0 spiro atoms. The molecule has 2 nitrogen and oxygen atoms in total. The molecule has 96 valence electrons. The molecular weight excluding hydrogens is 230 g/mol. The lowest BCUT2D eigenvalue weighted by Crippen LogP contribution is -2.13. The fourth-order valence-electron chi connectivity index (χ4n) is 1.60. The van der Waals surface area contributed by atoms with Crippen molar-refractivity contribution in [3.8, 4) is 0 Å². The number of rotatable bonds is 7. The van der Waals surface area contributed by atoms with Crippen LogP contribution in [0.2, 0.25) is 0 Å². The average Bonchev–Trinajstić information content (AvgIpc) is 2.34. The number of hydrogen-bond donors (Lipinski definition) is 2. The molecule has 3 heteroatoms. The van der Waals surface area contributed by atoms with Crippen molar-refractivity contribution in [2.45, 2.75) is 32.2 Å². The summed E-state index contributed by atoms with van der Waals surface area (Å²) >= 11 is 1.81. The van der Waals surface area contributed by atoms with Gasteiger partial charge in [-0.2, -0.15) is 11.8 Å². The Balaban J connectivity index is 2.43. The SMILES string of the molecule is CC(C)c1ccc(C(N)CSCCCO)cc1. The van der Waals surface area contributed by atoms with Crippen LogP contribution < -0.4 is 5.73 Å². The van der Waals surface area contributed by atoms with Gasteiger partial charge < -0.3 is 10.8 Å². The largest absolute Gasteiger partial charge is 0.396 e. The minimum atomic E-state index is 0.0971. The predicted molar refractivity (Wildman–Crippen MR) is 76.5 cm³/mol. The molecule has 0 amide bonds. The predicted octanol–water partition coefficient (Wildman–Crippen LogP) is 2.93. The van der Waals surface area contributed by atoms with Crippen LogP contribution in [0, 0.1) is 0 Å². The average molecular weight is 253 g/mol. The van der Waals surface area contributed by atoms with E-state index in [1.165, 1.54) is 11.1 Å². The van der Waals surface area contributed by atoms with Crippen LogP contribution in [0.15, 0.2) is 24.3 Å². The van der Waals surface area contributed by atoms with Gasteiger partial charge in [0.15, 0.2) is 0 Å². The van der Waals surface area contributed by atoms with Crippen LogP contribution in [0.3, 0.4) is 0 Å². The summed E-state index contributed by atoms with van der Waals surface area (Å²) in [5.41, 5.74) is 8.68. The first-order valence-corrected chi connectivity index (χ1v) is 7.34. The molecule has 0 aliphatic rings. The molecule has 0 bridgehead atoms. The Labute approximate surface area is 109 Å². The molecule has 1 aromatic carbocycles. The lowest BCUT2D eigenvalue weighted by atomic mass is 10.00. The topological polar surface area (TPSA) is 46.2 Å². The highest BCUT2D eigenvalue weighted by Crippen LogP contribution is 2.20. The maximum Gasteiger partial charge on any atom is 0.0438 e. The molecule has 3 N–H and O–H groups in total. The Morgan fingerprint density at radius 3 is 2.29 bits per heavy atom. The Kier molecular flexibility index (Phi) is 6.63. The molecule has 1 atom stereocenters. The molecule has 0 fully saturated rings. The van der Waals surface area contributed by atoms with E-state index in [0.29, 0.717) is 5.92 Å². The van der Waals surface area contributed by atoms with E-state index >= 15 is 0 Å². The first-order chi connectivity index (χ1) is 8.15. The number of hydrogen-bond acceptors (Lipinski definition) is 3. The lowest BCUT2D eigenvalue weighted by Gasteiger charge is -2.13. The third kappa shape index (κ3) is 5.11. The minimum Gasteiger partial charge on any atom is -0.396 e. The maximum atomic E-state index is 8.69. The Hall–Kier alpha value is -0.510. The van der Waals surface area contributed by atoms with Crippen LogP contribution in [-0.2, 0) is 0 Å². The van der Waals surface area contributed by atoms with Crippen LogP contribution in [0.4, 0.5) is 0 Å². The van der Waals surface area contributed by atoms with Gasteiger partial charge in [-0.25, -0.2) is 0 Å². The van der Waals surface area contributed by atoms with Crippen LogP contribution >= 0.6 is 11.8 Å². The number of benzene rings is 1. The highest BCUT2D eigenvalue weighted by Gasteiger charge is 2.06. The highest BCUT2D eigenvalue weighted by molar-refractivity contribution is 7.99. The molecule has 0 saturated carbocycles. The third-order valence-electron chi connectivity index (χ3n) is 2.78. The van der Waals surface area contributed by atoms with E-state index < -0.39 is 0 Å². The summed E-state index contributed by atoms with van der Waals surface area (Å²) in [6.07, 6.45) is 0.851. The van der Waals surface area contributed by atoms with E-state index in [0.717, 1.165) is 17.9 Å². The van der Waals surface area contributed by atoms with Crippen LogP contribution in [-0.4, -0.2) is 23.2 Å². The normalized spacial score (nSPS) is 13.0. The molecule has 17 heavy (non-hydrogen) atoms. The van der Waals surface area contributed by atoms with Gasteiger partial charge in [0.2, 0.25) is 0 Å². The molecule has 0 aromatic heterocycles. The van der Waals surface area contributed by atoms with Crippen molar-refractivity contribution in [3.63, 3.8) is 0 Å². The Morgan fingerprint density at radius 2 is 1.76 bits per heavy atom. The summed E-state index contributed by atoms with van der Waals surface area (Å²) in [7, 11) is 0. The summed E-state index contributed by atoms with van der Waals surface area (Å²) in [4.78, 5) is 0. The fraction of sp³-hybridized carbons (Fsp3) is 0.571. The van der Waals surface area contributed by atoms with Crippen LogP contribution in [0.25, 0.3) is 0 Å². The summed E-state index contributed by atoms with van der Waals surface area (Å²) in [6.45, 7) is 4.66. The van der Waals surface area contributed by atoms with Crippen molar-refractivity contribution in [3.05, 3.63) is 35.4 Å². The summed E-state index contributed by atoms with van der Waals surface area (Å²) < 4.78 is 0. The number of thioether (sulfide) groups is 1. The standard InChI is InChI=1S/C14H23NOS/c1-11(2)12-4-6-13(7-5-12)14(15)10-17-9-3-8-16/h4-7,11,14,16H,3,8-10,15H2,1-2H3. The van der Waals surface area contributed by atoms with Crippen LogP contribution in [0.5, 0.6) is 0 Å². The van der Waals surface area contributed by atoms with E-state index in [-0.39, 0.29) is 12.6 Å². The second-order valence-electron chi connectivity index (χ2n) is 4.58. The van der Waals surface area contributed by atoms with E-state index in [1.807, 2.05) is 0 Å². The number of aliphatic hydroxyl groups is 1. The number of nitrogens with two attached hydrogens (primary N) is 1. The summed E-state index contributed by atoms with van der Waals surface area (Å²) in [6, 6.07) is 8.69. The van der Waals surface area contributed by atoms with E-state index in [9.17, 15) is 0 Å². The van der Waals surface area contributed by atoms with Gasteiger partial charge in [-0.3, -0.25) is 0 Å². The molecule has 0 heterocycles. The van der Waals surface area contributed by atoms with E-state index in [1.54, 1.807) is 11.8 Å². The van der Waals surface area contributed by atoms with Crippen molar-refractivity contribution < 1.29 is 5.11 Å². The van der Waals surface area contributed by atoms with Gasteiger partial charge in [0.25, 0.3) is 0 Å². The smallest absolute Gasteiger partial charge is 0.0438 e. The fourth-order valence-corrected chi connectivity index (χ4v) is 2.55. The van der Waals surface area contributed by atoms with Crippen molar-refractivity contribution in [1.82, 2.24) is 0 Å². The zero-order valence-electron chi connectivity index (χ0n) is 10.7. The Morgan fingerprint density at radius 1 is 1.18 bits per heavy atom. The van der Waals surface area contributed by atoms with Crippen molar-refractivity contribution in [1.29, 1.82) is 0 Å². The molecule has 0 radical (unpaired) electrons. The van der Waals surface area contributed by atoms with Gasteiger partial charge in [0.1, 0.15) is 0 Å². The molecule has 0 saturated heterocycles. The quantitative estimate of drug-likeness (QED) is 0.734. The highest BCUT2D eigenvalue weighted by atomic mass is 32.2. The maximum absolute atomic E-state index is 8.69. The lowest BCUT2D eigenvalue weighted by molar-refractivity contribution is 0.296.